The summed E-state index contributed by atoms with van der Waals surface area (Å²) in [5.74, 6) is 2.16. The predicted molar refractivity (Wildman–Crippen MR) is 76.0 cm³/mol. The van der Waals surface area contributed by atoms with Crippen molar-refractivity contribution in [3.8, 4) is 29.2 Å². The molecule has 2 aromatic rings. The van der Waals surface area contributed by atoms with E-state index in [2.05, 4.69) is 10.7 Å². The van der Waals surface area contributed by atoms with Crippen LogP contribution in [0.3, 0.4) is 0 Å². The Hall–Kier alpha value is -2.41. The van der Waals surface area contributed by atoms with Crippen LogP contribution < -0.4 is 4.74 Å². The second kappa shape index (κ2) is 5.53. The molecule has 21 heavy (non-hydrogen) atoms. The summed E-state index contributed by atoms with van der Waals surface area (Å²) in [5.41, 5.74) is 3.38. The van der Waals surface area contributed by atoms with E-state index in [1.54, 1.807) is 12.1 Å². The molecule has 0 amide bonds. The molecule has 0 aliphatic carbocycles. The number of rotatable bonds is 2. The summed E-state index contributed by atoms with van der Waals surface area (Å²) < 4.78 is 41.6. The lowest BCUT2D eigenvalue weighted by atomic mass is 9.98. The molecule has 0 saturated heterocycles. The van der Waals surface area contributed by atoms with Crippen LogP contribution >= 0.6 is 0 Å². The largest absolute Gasteiger partial charge is 0.573 e. The molecule has 0 bridgehead atoms. The van der Waals surface area contributed by atoms with Gasteiger partial charge in [-0.15, -0.1) is 19.6 Å². The minimum absolute atomic E-state index is 0.258. The van der Waals surface area contributed by atoms with E-state index in [-0.39, 0.29) is 5.75 Å². The van der Waals surface area contributed by atoms with Crippen molar-refractivity contribution in [2.45, 2.75) is 20.2 Å². The van der Waals surface area contributed by atoms with Crippen LogP contribution in [0.1, 0.15) is 16.7 Å². The number of alkyl halides is 3. The van der Waals surface area contributed by atoms with Crippen LogP contribution in [0.25, 0.3) is 11.1 Å². The van der Waals surface area contributed by atoms with E-state index >= 15 is 0 Å². The van der Waals surface area contributed by atoms with Crippen LogP contribution in [0.4, 0.5) is 13.2 Å². The van der Waals surface area contributed by atoms with E-state index in [9.17, 15) is 13.2 Å². The first kappa shape index (κ1) is 15.0. The van der Waals surface area contributed by atoms with Crippen LogP contribution in [-0.2, 0) is 0 Å². The summed E-state index contributed by atoms with van der Waals surface area (Å²) in [6.45, 7) is 3.76. The molecule has 0 fully saturated rings. The third-order valence-electron chi connectivity index (χ3n) is 2.90. The number of ether oxygens (including phenoxy) is 1. The minimum Gasteiger partial charge on any atom is -0.405 e. The Labute approximate surface area is 121 Å². The van der Waals surface area contributed by atoms with Crippen LogP contribution in [-0.4, -0.2) is 6.36 Å². The van der Waals surface area contributed by atoms with Gasteiger partial charge in [-0.3, -0.25) is 0 Å². The summed E-state index contributed by atoms with van der Waals surface area (Å²) >= 11 is 0. The lowest BCUT2D eigenvalue weighted by molar-refractivity contribution is -0.274. The van der Waals surface area contributed by atoms with Crippen molar-refractivity contribution in [3.63, 3.8) is 0 Å². The monoisotopic (exact) mass is 290 g/mol. The normalized spacial score (nSPS) is 11.0. The summed E-state index contributed by atoms with van der Waals surface area (Å²) in [4.78, 5) is 0. The molecule has 0 spiro atoms. The number of aryl methyl sites for hydroxylation is 2. The van der Waals surface area contributed by atoms with Gasteiger partial charge in [-0.1, -0.05) is 35.2 Å². The average Bonchev–Trinajstić information content (AvgIpc) is 2.36. The van der Waals surface area contributed by atoms with E-state index < -0.39 is 6.36 Å². The maximum atomic E-state index is 12.5. The first-order chi connectivity index (χ1) is 9.78. The van der Waals surface area contributed by atoms with Crippen molar-refractivity contribution in [3.05, 3.63) is 53.1 Å². The summed E-state index contributed by atoms with van der Waals surface area (Å²) in [6, 6.07) is 9.73. The van der Waals surface area contributed by atoms with Gasteiger partial charge in [0.15, 0.2) is 0 Å². The summed E-state index contributed by atoms with van der Waals surface area (Å²) in [7, 11) is 0. The number of hydrogen-bond acceptors (Lipinski definition) is 1. The van der Waals surface area contributed by atoms with Gasteiger partial charge in [-0.2, -0.15) is 0 Å². The molecule has 2 aromatic carbocycles. The molecule has 0 unspecified atom stereocenters. The van der Waals surface area contributed by atoms with Gasteiger partial charge in [0.25, 0.3) is 0 Å². The zero-order valence-corrected chi connectivity index (χ0v) is 11.6. The van der Waals surface area contributed by atoms with Crippen LogP contribution in [0.2, 0.25) is 0 Å². The quantitative estimate of drug-likeness (QED) is 0.718. The highest BCUT2D eigenvalue weighted by molar-refractivity contribution is 5.73. The highest BCUT2D eigenvalue weighted by Crippen LogP contribution is 2.35. The Morgan fingerprint density at radius 2 is 1.62 bits per heavy atom. The minimum atomic E-state index is -4.74. The first-order valence-electron chi connectivity index (χ1n) is 6.23. The van der Waals surface area contributed by atoms with Gasteiger partial charge >= 0.3 is 6.36 Å². The molecule has 0 aliphatic heterocycles. The van der Waals surface area contributed by atoms with Gasteiger partial charge in [0.05, 0.1) is 0 Å². The molecule has 108 valence electrons. The lowest BCUT2D eigenvalue weighted by Gasteiger charge is -2.14. The summed E-state index contributed by atoms with van der Waals surface area (Å²) in [6.07, 6.45) is 0.576. The van der Waals surface area contributed by atoms with Gasteiger partial charge in [0, 0.05) is 11.1 Å². The highest BCUT2D eigenvalue weighted by Gasteiger charge is 2.32. The topological polar surface area (TPSA) is 9.23 Å². The SMILES string of the molecule is C#Cc1ccc(OC(F)(F)F)c(-c2cc(C)cc(C)c2)c1. The molecule has 2 rings (SSSR count). The third-order valence-corrected chi connectivity index (χ3v) is 2.90. The molecular formula is C17H13F3O. The fourth-order valence-electron chi connectivity index (χ4n) is 2.19. The number of terminal acetylenes is 1. The van der Waals surface area contributed by atoms with E-state index in [1.165, 1.54) is 18.2 Å². The second-order valence-electron chi connectivity index (χ2n) is 4.78. The lowest BCUT2D eigenvalue weighted by Crippen LogP contribution is -2.17. The van der Waals surface area contributed by atoms with Gasteiger partial charge in [-0.05, 0) is 37.6 Å². The predicted octanol–water partition coefficient (Wildman–Crippen LogP) is 4.85. The van der Waals surface area contributed by atoms with Gasteiger partial charge < -0.3 is 4.74 Å². The Morgan fingerprint density at radius 3 is 2.14 bits per heavy atom. The second-order valence-corrected chi connectivity index (χ2v) is 4.78. The maximum Gasteiger partial charge on any atom is 0.573 e. The van der Waals surface area contributed by atoms with Crippen LogP contribution in [0, 0.1) is 26.2 Å². The van der Waals surface area contributed by atoms with Crippen molar-refractivity contribution in [2.24, 2.45) is 0 Å². The Kier molecular flexibility index (Phi) is 3.95. The smallest absolute Gasteiger partial charge is 0.405 e. The van der Waals surface area contributed by atoms with Crippen LogP contribution in [0.15, 0.2) is 36.4 Å². The third kappa shape index (κ3) is 3.79. The fraction of sp³-hybridized carbons (Fsp3) is 0.176. The average molecular weight is 290 g/mol. The molecule has 0 radical (unpaired) electrons. The van der Waals surface area contributed by atoms with E-state index in [1.807, 2.05) is 19.9 Å². The zero-order chi connectivity index (χ0) is 15.6. The highest BCUT2D eigenvalue weighted by atomic mass is 19.4. The van der Waals surface area contributed by atoms with Gasteiger partial charge in [0.1, 0.15) is 5.75 Å². The fourth-order valence-corrected chi connectivity index (χ4v) is 2.19. The number of benzene rings is 2. The number of halogens is 3. The maximum absolute atomic E-state index is 12.5. The van der Waals surface area contributed by atoms with E-state index in [0.29, 0.717) is 16.7 Å². The van der Waals surface area contributed by atoms with Crippen LogP contribution in [0.5, 0.6) is 5.75 Å². The molecule has 0 aromatic heterocycles. The molecule has 0 heterocycles. The van der Waals surface area contributed by atoms with Crippen molar-refractivity contribution in [1.82, 2.24) is 0 Å². The molecule has 0 aliphatic rings. The van der Waals surface area contributed by atoms with Crippen molar-refractivity contribution in [1.29, 1.82) is 0 Å². The Balaban J connectivity index is 2.61. The molecule has 1 nitrogen and oxygen atoms in total. The van der Waals surface area contributed by atoms with Crippen molar-refractivity contribution in [2.75, 3.05) is 0 Å². The number of hydrogen-bond donors (Lipinski definition) is 0. The molecule has 0 atom stereocenters. The Morgan fingerprint density at radius 1 is 1.00 bits per heavy atom. The molecule has 0 N–H and O–H groups in total. The van der Waals surface area contributed by atoms with Gasteiger partial charge in [0.2, 0.25) is 0 Å². The van der Waals surface area contributed by atoms with E-state index in [4.69, 9.17) is 6.42 Å². The van der Waals surface area contributed by atoms with Crippen molar-refractivity contribution >= 4 is 0 Å². The molecular weight excluding hydrogens is 277 g/mol. The molecule has 4 heteroatoms. The standard InChI is InChI=1S/C17H13F3O/c1-4-13-5-6-16(21-17(18,19)20)15(10-13)14-8-11(2)7-12(3)9-14/h1,5-10H,2-3H3. The summed E-state index contributed by atoms with van der Waals surface area (Å²) in [5, 5.41) is 0. The molecule has 0 saturated carbocycles. The van der Waals surface area contributed by atoms with Gasteiger partial charge in [-0.25, -0.2) is 0 Å². The Bertz CT molecular complexity index is 689. The van der Waals surface area contributed by atoms with E-state index in [0.717, 1.165) is 11.1 Å². The zero-order valence-electron chi connectivity index (χ0n) is 11.6. The first-order valence-corrected chi connectivity index (χ1v) is 6.23. The van der Waals surface area contributed by atoms with Crippen molar-refractivity contribution < 1.29 is 17.9 Å².